The van der Waals surface area contributed by atoms with Crippen LogP contribution in [0.5, 0.6) is 11.5 Å². The van der Waals surface area contributed by atoms with E-state index in [1.807, 2.05) is 0 Å². The number of nitrogens with zero attached hydrogens (tertiary/aromatic N) is 1. The predicted molar refractivity (Wildman–Crippen MR) is 95.1 cm³/mol. The minimum atomic E-state index is -3.64. The standard InChI is InChI=1S/C14H21BrN2O4S.ClH/c1-20-12-7-11(15)14(8-13(12)21-2)22(18,19)17-6-4-3-5-10(17)9-16;/h7-8,10H,3-6,9,16H2,1-2H3;1H. The Morgan fingerprint density at radius 1 is 1.26 bits per heavy atom. The van der Waals surface area contributed by atoms with Crippen molar-refractivity contribution in [1.82, 2.24) is 4.31 Å². The molecular formula is C14H22BrClN2O4S. The van der Waals surface area contributed by atoms with Crippen molar-refractivity contribution < 1.29 is 17.9 Å². The minimum Gasteiger partial charge on any atom is -0.493 e. The van der Waals surface area contributed by atoms with Gasteiger partial charge in [0, 0.05) is 29.7 Å². The van der Waals surface area contributed by atoms with E-state index in [1.54, 1.807) is 6.07 Å². The SMILES string of the molecule is COc1cc(Br)c(S(=O)(=O)N2CCCCC2CN)cc1OC.Cl. The lowest BCUT2D eigenvalue weighted by atomic mass is 10.1. The Kier molecular flexibility index (Phi) is 7.60. The first-order chi connectivity index (χ1) is 10.5. The van der Waals surface area contributed by atoms with Crippen LogP contribution in [0.3, 0.4) is 0 Å². The Balaban J connectivity index is 0.00000264. The molecule has 1 aromatic rings. The Bertz CT molecular complexity index is 642. The fourth-order valence-corrected chi connectivity index (χ4v) is 5.39. The number of rotatable bonds is 5. The zero-order valence-corrected chi connectivity index (χ0v) is 16.3. The van der Waals surface area contributed by atoms with Crippen molar-refractivity contribution >= 4 is 38.4 Å². The smallest absolute Gasteiger partial charge is 0.244 e. The number of methoxy groups -OCH3 is 2. The van der Waals surface area contributed by atoms with Crippen LogP contribution in [0.4, 0.5) is 0 Å². The second kappa shape index (κ2) is 8.53. The van der Waals surface area contributed by atoms with E-state index in [1.165, 1.54) is 24.6 Å². The van der Waals surface area contributed by atoms with Crippen LogP contribution in [-0.2, 0) is 10.0 Å². The molecule has 1 heterocycles. The quantitative estimate of drug-likeness (QED) is 0.777. The van der Waals surface area contributed by atoms with E-state index < -0.39 is 10.0 Å². The third kappa shape index (κ3) is 4.11. The topological polar surface area (TPSA) is 81.9 Å². The fraction of sp³-hybridized carbons (Fsp3) is 0.571. The lowest BCUT2D eigenvalue weighted by molar-refractivity contribution is 0.257. The summed E-state index contributed by atoms with van der Waals surface area (Å²) in [5.41, 5.74) is 5.75. The summed E-state index contributed by atoms with van der Waals surface area (Å²) in [6, 6.07) is 2.94. The normalized spacial score (nSPS) is 19.0. The maximum Gasteiger partial charge on any atom is 0.244 e. The van der Waals surface area contributed by atoms with Crippen LogP contribution in [0.15, 0.2) is 21.5 Å². The molecule has 1 aliphatic heterocycles. The first kappa shape index (κ1) is 20.5. The van der Waals surface area contributed by atoms with Gasteiger partial charge in [-0.15, -0.1) is 12.4 Å². The average molecular weight is 430 g/mol. The van der Waals surface area contributed by atoms with Gasteiger partial charge in [0.25, 0.3) is 0 Å². The van der Waals surface area contributed by atoms with Crippen LogP contribution in [0.1, 0.15) is 19.3 Å². The number of sulfonamides is 1. The molecule has 2 N–H and O–H groups in total. The summed E-state index contributed by atoms with van der Waals surface area (Å²) in [6.07, 6.45) is 2.64. The Morgan fingerprint density at radius 3 is 2.43 bits per heavy atom. The van der Waals surface area contributed by atoms with Crippen molar-refractivity contribution in [2.24, 2.45) is 5.73 Å². The molecule has 6 nitrogen and oxygen atoms in total. The van der Waals surface area contributed by atoms with Gasteiger partial charge in [-0.3, -0.25) is 0 Å². The van der Waals surface area contributed by atoms with E-state index in [0.717, 1.165) is 19.3 Å². The maximum absolute atomic E-state index is 13.0. The highest BCUT2D eigenvalue weighted by molar-refractivity contribution is 9.10. The van der Waals surface area contributed by atoms with Crippen LogP contribution in [0.25, 0.3) is 0 Å². The van der Waals surface area contributed by atoms with Crippen LogP contribution in [-0.4, -0.2) is 46.1 Å². The molecule has 0 bridgehead atoms. The summed E-state index contributed by atoms with van der Waals surface area (Å²) in [5, 5.41) is 0. The molecular weight excluding hydrogens is 408 g/mol. The van der Waals surface area contributed by atoms with Gasteiger partial charge in [0.15, 0.2) is 11.5 Å². The van der Waals surface area contributed by atoms with E-state index in [-0.39, 0.29) is 23.3 Å². The monoisotopic (exact) mass is 428 g/mol. The lowest BCUT2D eigenvalue weighted by Gasteiger charge is -2.34. The Labute approximate surface area is 151 Å². The van der Waals surface area contributed by atoms with Crippen LogP contribution < -0.4 is 15.2 Å². The van der Waals surface area contributed by atoms with Gasteiger partial charge in [-0.25, -0.2) is 8.42 Å². The maximum atomic E-state index is 13.0. The molecule has 9 heteroatoms. The zero-order chi connectivity index (χ0) is 16.3. The van der Waals surface area contributed by atoms with E-state index in [2.05, 4.69) is 15.9 Å². The summed E-state index contributed by atoms with van der Waals surface area (Å²) < 4.78 is 38.3. The molecule has 0 aromatic heterocycles. The highest BCUT2D eigenvalue weighted by Gasteiger charge is 2.34. The summed E-state index contributed by atoms with van der Waals surface area (Å²) in [4.78, 5) is 0.172. The Hall–Kier alpha value is -0.540. The molecule has 1 aliphatic rings. The first-order valence-electron chi connectivity index (χ1n) is 7.09. The number of nitrogens with two attached hydrogens (primary N) is 1. The average Bonchev–Trinajstić information content (AvgIpc) is 2.54. The largest absolute Gasteiger partial charge is 0.493 e. The van der Waals surface area contributed by atoms with E-state index in [9.17, 15) is 8.42 Å². The molecule has 132 valence electrons. The Morgan fingerprint density at radius 2 is 1.87 bits per heavy atom. The molecule has 1 unspecified atom stereocenters. The van der Waals surface area contributed by atoms with Crippen molar-refractivity contribution in [2.75, 3.05) is 27.3 Å². The number of halogens is 2. The van der Waals surface area contributed by atoms with E-state index >= 15 is 0 Å². The molecule has 2 rings (SSSR count). The van der Waals surface area contributed by atoms with Gasteiger partial charge in [0.1, 0.15) is 4.90 Å². The number of benzene rings is 1. The lowest BCUT2D eigenvalue weighted by Crippen LogP contribution is -2.47. The van der Waals surface area contributed by atoms with E-state index in [0.29, 0.717) is 29.1 Å². The van der Waals surface area contributed by atoms with Crippen LogP contribution in [0, 0.1) is 0 Å². The summed E-state index contributed by atoms with van der Waals surface area (Å²) in [7, 11) is -0.655. The van der Waals surface area contributed by atoms with Gasteiger partial charge >= 0.3 is 0 Å². The van der Waals surface area contributed by atoms with Gasteiger partial charge in [-0.1, -0.05) is 6.42 Å². The second-order valence-electron chi connectivity index (χ2n) is 5.14. The molecule has 0 aliphatic carbocycles. The third-order valence-corrected chi connectivity index (χ3v) is 6.78. The predicted octanol–water partition coefficient (Wildman–Crippen LogP) is 2.39. The van der Waals surface area contributed by atoms with Gasteiger partial charge < -0.3 is 15.2 Å². The third-order valence-electron chi connectivity index (χ3n) is 3.87. The fourth-order valence-electron chi connectivity index (χ4n) is 2.69. The van der Waals surface area contributed by atoms with E-state index in [4.69, 9.17) is 15.2 Å². The first-order valence-corrected chi connectivity index (χ1v) is 9.32. The molecule has 0 amide bonds. The number of ether oxygens (including phenoxy) is 2. The molecule has 1 atom stereocenters. The number of hydrogen-bond donors (Lipinski definition) is 1. The van der Waals surface area contributed by atoms with Gasteiger partial charge in [0.2, 0.25) is 10.0 Å². The van der Waals surface area contributed by atoms with Crippen molar-refractivity contribution in [2.45, 2.75) is 30.2 Å². The summed E-state index contributed by atoms with van der Waals surface area (Å²) in [5.74, 6) is 0.855. The van der Waals surface area contributed by atoms with Crippen LogP contribution in [0.2, 0.25) is 0 Å². The summed E-state index contributed by atoms with van der Waals surface area (Å²) >= 11 is 3.32. The summed E-state index contributed by atoms with van der Waals surface area (Å²) in [6.45, 7) is 0.815. The molecule has 1 fully saturated rings. The van der Waals surface area contributed by atoms with Crippen molar-refractivity contribution in [1.29, 1.82) is 0 Å². The molecule has 0 radical (unpaired) electrons. The number of hydrogen-bond acceptors (Lipinski definition) is 5. The molecule has 1 aromatic carbocycles. The molecule has 23 heavy (non-hydrogen) atoms. The van der Waals surface area contributed by atoms with Crippen molar-refractivity contribution in [3.05, 3.63) is 16.6 Å². The van der Waals surface area contributed by atoms with Gasteiger partial charge in [0.05, 0.1) is 14.2 Å². The zero-order valence-electron chi connectivity index (χ0n) is 13.1. The highest BCUT2D eigenvalue weighted by Crippen LogP contribution is 2.37. The van der Waals surface area contributed by atoms with Gasteiger partial charge in [-0.05, 0) is 34.8 Å². The van der Waals surface area contributed by atoms with Crippen LogP contribution >= 0.6 is 28.3 Å². The minimum absolute atomic E-state index is 0. The molecule has 1 saturated heterocycles. The molecule has 0 spiro atoms. The highest BCUT2D eigenvalue weighted by atomic mass is 79.9. The van der Waals surface area contributed by atoms with Gasteiger partial charge in [-0.2, -0.15) is 4.31 Å². The van der Waals surface area contributed by atoms with Crippen molar-refractivity contribution in [3.8, 4) is 11.5 Å². The number of piperidine rings is 1. The second-order valence-corrected chi connectivity index (χ2v) is 7.85. The molecule has 0 saturated carbocycles. The van der Waals surface area contributed by atoms with Crippen molar-refractivity contribution in [3.63, 3.8) is 0 Å².